The van der Waals surface area contributed by atoms with Crippen LogP contribution in [-0.2, 0) is 29.1 Å². The number of carbonyl (C=O) groups excluding carboxylic acids is 3. The minimum absolute atomic E-state index is 0.0269. The SMILES string of the molecule is Cc1ccc(S(=O)(=O)NCC(=O)OC(C)C(=O)NCC(=O)Nc2c(C)cccc2C)cc1C. The van der Waals surface area contributed by atoms with Gasteiger partial charge in [0.15, 0.2) is 6.10 Å². The maximum Gasteiger partial charge on any atom is 0.321 e. The summed E-state index contributed by atoms with van der Waals surface area (Å²) in [5.41, 5.74) is 4.19. The van der Waals surface area contributed by atoms with Gasteiger partial charge in [-0.3, -0.25) is 14.4 Å². The van der Waals surface area contributed by atoms with Gasteiger partial charge >= 0.3 is 5.97 Å². The molecule has 9 nitrogen and oxygen atoms in total. The monoisotopic (exact) mass is 475 g/mol. The van der Waals surface area contributed by atoms with Gasteiger partial charge in [0.2, 0.25) is 15.9 Å². The number of hydrogen-bond donors (Lipinski definition) is 3. The molecule has 10 heteroatoms. The fraction of sp³-hybridized carbons (Fsp3) is 0.348. The van der Waals surface area contributed by atoms with Crippen molar-refractivity contribution in [2.24, 2.45) is 0 Å². The summed E-state index contributed by atoms with van der Waals surface area (Å²) in [6, 6.07) is 10.2. The van der Waals surface area contributed by atoms with Crippen LogP contribution in [0.3, 0.4) is 0 Å². The molecule has 0 heterocycles. The highest BCUT2D eigenvalue weighted by molar-refractivity contribution is 7.89. The van der Waals surface area contributed by atoms with Crippen LogP contribution in [0, 0.1) is 27.7 Å². The molecule has 0 aliphatic carbocycles. The van der Waals surface area contributed by atoms with Crippen molar-refractivity contribution in [3.05, 3.63) is 58.7 Å². The first kappa shape index (κ1) is 26.0. The van der Waals surface area contributed by atoms with Crippen molar-refractivity contribution in [1.29, 1.82) is 0 Å². The summed E-state index contributed by atoms with van der Waals surface area (Å²) >= 11 is 0. The Morgan fingerprint density at radius 2 is 1.55 bits per heavy atom. The van der Waals surface area contributed by atoms with Crippen LogP contribution in [0.5, 0.6) is 0 Å². The predicted molar refractivity (Wildman–Crippen MR) is 124 cm³/mol. The number of rotatable bonds is 9. The van der Waals surface area contributed by atoms with E-state index in [1.807, 2.05) is 39.0 Å². The maximum atomic E-state index is 12.4. The Morgan fingerprint density at radius 3 is 2.15 bits per heavy atom. The van der Waals surface area contributed by atoms with E-state index in [0.717, 1.165) is 22.3 Å². The Hall–Kier alpha value is -3.24. The van der Waals surface area contributed by atoms with Crippen molar-refractivity contribution in [3.8, 4) is 0 Å². The van der Waals surface area contributed by atoms with Gasteiger partial charge in [-0.15, -0.1) is 0 Å². The van der Waals surface area contributed by atoms with Crippen molar-refractivity contribution in [1.82, 2.24) is 10.0 Å². The highest BCUT2D eigenvalue weighted by Gasteiger charge is 2.21. The van der Waals surface area contributed by atoms with Crippen molar-refractivity contribution in [2.75, 3.05) is 18.4 Å². The first-order chi connectivity index (χ1) is 15.4. The number of sulfonamides is 1. The van der Waals surface area contributed by atoms with Crippen molar-refractivity contribution in [2.45, 2.75) is 45.6 Å². The van der Waals surface area contributed by atoms with E-state index in [-0.39, 0.29) is 11.4 Å². The maximum absolute atomic E-state index is 12.4. The summed E-state index contributed by atoms with van der Waals surface area (Å²) in [5.74, 6) is -2.04. The van der Waals surface area contributed by atoms with Gasteiger partial charge in [0.05, 0.1) is 11.4 Å². The van der Waals surface area contributed by atoms with Crippen LogP contribution < -0.4 is 15.4 Å². The highest BCUT2D eigenvalue weighted by atomic mass is 32.2. The molecule has 3 N–H and O–H groups in total. The van der Waals surface area contributed by atoms with E-state index in [0.29, 0.717) is 5.69 Å². The molecule has 0 fully saturated rings. The largest absolute Gasteiger partial charge is 0.452 e. The van der Waals surface area contributed by atoms with Gasteiger partial charge in [-0.1, -0.05) is 24.3 Å². The Kier molecular flexibility index (Phi) is 8.72. The fourth-order valence-electron chi connectivity index (χ4n) is 2.92. The van der Waals surface area contributed by atoms with Crippen LogP contribution in [0.25, 0.3) is 0 Å². The van der Waals surface area contributed by atoms with Crippen molar-refractivity contribution < 1.29 is 27.5 Å². The second-order valence-corrected chi connectivity index (χ2v) is 9.50. The standard InChI is InChI=1S/C23H29N3O6S/c1-14-9-10-19(11-17(14)4)33(30,31)25-13-21(28)32-18(5)23(29)24-12-20(27)26-22-15(2)7-6-8-16(22)3/h6-11,18,25H,12-13H2,1-5H3,(H,24,29)(H,26,27). The number of amides is 2. The van der Waals surface area contributed by atoms with Gasteiger partial charge in [-0.2, -0.15) is 4.72 Å². The van der Waals surface area contributed by atoms with Crippen LogP contribution in [0.1, 0.15) is 29.2 Å². The van der Waals surface area contributed by atoms with Crippen molar-refractivity contribution >= 4 is 33.5 Å². The lowest BCUT2D eigenvalue weighted by molar-refractivity contribution is -0.153. The first-order valence-corrected chi connectivity index (χ1v) is 11.8. The number of ether oxygens (including phenoxy) is 1. The summed E-state index contributed by atoms with van der Waals surface area (Å²) < 4.78 is 31.8. The number of hydrogen-bond acceptors (Lipinski definition) is 6. The number of nitrogens with one attached hydrogen (secondary N) is 3. The van der Waals surface area contributed by atoms with Crippen molar-refractivity contribution in [3.63, 3.8) is 0 Å². The molecule has 0 saturated carbocycles. The van der Waals surface area contributed by atoms with Crippen LogP contribution in [0.2, 0.25) is 0 Å². The van der Waals surface area contributed by atoms with E-state index in [2.05, 4.69) is 15.4 Å². The second-order valence-electron chi connectivity index (χ2n) is 7.74. The van der Waals surface area contributed by atoms with Crippen LogP contribution >= 0.6 is 0 Å². The lowest BCUT2D eigenvalue weighted by atomic mass is 10.1. The average Bonchev–Trinajstić information content (AvgIpc) is 2.75. The van der Waals surface area contributed by atoms with E-state index >= 15 is 0 Å². The summed E-state index contributed by atoms with van der Waals surface area (Å²) in [5, 5.41) is 5.12. The Morgan fingerprint density at radius 1 is 0.909 bits per heavy atom. The third kappa shape index (κ3) is 7.40. The minimum atomic E-state index is -3.91. The predicted octanol–water partition coefficient (Wildman–Crippen LogP) is 1.89. The number of para-hydroxylation sites is 1. The summed E-state index contributed by atoms with van der Waals surface area (Å²) in [4.78, 5) is 36.3. The van der Waals surface area contributed by atoms with Gasteiger partial charge in [-0.25, -0.2) is 8.42 Å². The normalized spacial score (nSPS) is 12.0. The summed E-state index contributed by atoms with van der Waals surface area (Å²) in [7, 11) is -3.91. The smallest absolute Gasteiger partial charge is 0.321 e. The van der Waals surface area contributed by atoms with E-state index in [1.54, 1.807) is 13.0 Å². The molecule has 0 aliphatic heterocycles. The third-order valence-electron chi connectivity index (χ3n) is 5.04. The quantitative estimate of drug-likeness (QED) is 0.475. The molecule has 0 spiro atoms. The molecular formula is C23H29N3O6S. The van der Waals surface area contributed by atoms with Gasteiger partial charge < -0.3 is 15.4 Å². The molecule has 0 bridgehead atoms. The van der Waals surface area contributed by atoms with Crippen LogP contribution in [-0.4, -0.2) is 45.4 Å². The van der Waals surface area contributed by atoms with Crippen LogP contribution in [0.4, 0.5) is 5.69 Å². The zero-order valence-corrected chi connectivity index (χ0v) is 20.1. The Balaban J connectivity index is 1.82. The molecule has 2 aromatic rings. The van der Waals surface area contributed by atoms with Gasteiger partial charge in [0, 0.05) is 5.69 Å². The second kappa shape index (κ2) is 11.1. The topological polar surface area (TPSA) is 131 Å². The number of aryl methyl sites for hydroxylation is 4. The Labute approximate surface area is 194 Å². The Bertz CT molecular complexity index is 1140. The third-order valence-corrected chi connectivity index (χ3v) is 6.44. The summed E-state index contributed by atoms with van der Waals surface area (Å²) in [6.45, 7) is 7.73. The molecule has 178 valence electrons. The van der Waals surface area contributed by atoms with Crippen LogP contribution in [0.15, 0.2) is 41.3 Å². The molecule has 33 heavy (non-hydrogen) atoms. The number of esters is 1. The molecule has 1 atom stereocenters. The molecule has 0 saturated heterocycles. The number of carbonyl (C=O) groups is 3. The minimum Gasteiger partial charge on any atom is -0.452 e. The molecule has 0 aromatic heterocycles. The molecule has 2 aromatic carbocycles. The van der Waals surface area contributed by atoms with E-state index < -0.39 is 40.5 Å². The summed E-state index contributed by atoms with van der Waals surface area (Å²) in [6.07, 6.45) is -1.21. The zero-order valence-electron chi connectivity index (χ0n) is 19.3. The molecule has 2 rings (SSSR count). The molecule has 1 unspecified atom stereocenters. The van der Waals surface area contributed by atoms with Gasteiger partial charge in [0.1, 0.15) is 6.54 Å². The molecule has 0 aliphatic rings. The average molecular weight is 476 g/mol. The lowest BCUT2D eigenvalue weighted by Gasteiger charge is -2.15. The first-order valence-electron chi connectivity index (χ1n) is 10.3. The van der Waals surface area contributed by atoms with E-state index in [9.17, 15) is 22.8 Å². The van der Waals surface area contributed by atoms with Gasteiger partial charge in [0.25, 0.3) is 5.91 Å². The number of anilines is 1. The van der Waals surface area contributed by atoms with Gasteiger partial charge in [-0.05, 0) is 69.0 Å². The fourth-order valence-corrected chi connectivity index (χ4v) is 3.97. The zero-order chi connectivity index (χ0) is 24.8. The highest BCUT2D eigenvalue weighted by Crippen LogP contribution is 2.19. The lowest BCUT2D eigenvalue weighted by Crippen LogP contribution is -2.41. The molecular weight excluding hydrogens is 446 g/mol. The van der Waals surface area contributed by atoms with E-state index in [1.165, 1.54) is 19.1 Å². The number of benzene rings is 2. The molecule has 0 radical (unpaired) electrons. The van der Waals surface area contributed by atoms with E-state index in [4.69, 9.17) is 4.74 Å². The molecule has 2 amide bonds.